The third-order valence-corrected chi connectivity index (χ3v) is 11.3. The van der Waals surface area contributed by atoms with Gasteiger partial charge in [-0.05, 0) is 67.9 Å². The highest BCUT2D eigenvalue weighted by Crippen LogP contribution is 2.40. The van der Waals surface area contributed by atoms with Crippen LogP contribution in [0.1, 0.15) is 40.2 Å². The van der Waals surface area contributed by atoms with E-state index in [1.807, 2.05) is 12.1 Å². The van der Waals surface area contributed by atoms with Crippen molar-refractivity contribution in [3.05, 3.63) is 64.9 Å². The Hall–Kier alpha value is -2.68. The largest absolute Gasteiger partial charge is 0.541 e. The molecule has 0 radical (unpaired) electrons. The number of amides is 1. The number of para-hydroxylation sites is 2. The summed E-state index contributed by atoms with van der Waals surface area (Å²) in [6.45, 7) is 14.3. The van der Waals surface area contributed by atoms with Gasteiger partial charge in [-0.25, -0.2) is 19.2 Å². The second-order valence-corrected chi connectivity index (χ2v) is 16.1. The lowest BCUT2D eigenvalue weighted by Gasteiger charge is -2.40. The van der Waals surface area contributed by atoms with E-state index in [0.717, 1.165) is 0 Å². The molecule has 0 atom stereocenters. The van der Waals surface area contributed by atoms with Gasteiger partial charge in [0.2, 0.25) is 0 Å². The molecule has 0 aromatic heterocycles. The zero-order valence-electron chi connectivity index (χ0n) is 21.9. The Morgan fingerprint density at radius 2 is 1.75 bits per heavy atom. The van der Waals surface area contributed by atoms with Crippen molar-refractivity contribution in [3.63, 3.8) is 0 Å². The van der Waals surface area contributed by atoms with Gasteiger partial charge in [-0.3, -0.25) is 0 Å². The number of halogens is 2. The van der Waals surface area contributed by atoms with Crippen LogP contribution in [-0.4, -0.2) is 49.3 Å². The van der Waals surface area contributed by atoms with Crippen LogP contribution in [0.15, 0.2) is 48.5 Å². The number of carbonyl (C=O) groups excluding carboxylic acids is 2. The molecule has 194 valence electrons. The van der Waals surface area contributed by atoms with Gasteiger partial charge >= 0.3 is 6.09 Å². The van der Waals surface area contributed by atoms with Gasteiger partial charge in [0.15, 0.2) is 5.75 Å². The van der Waals surface area contributed by atoms with Crippen LogP contribution in [0.5, 0.6) is 11.5 Å². The summed E-state index contributed by atoms with van der Waals surface area (Å²) in [5.41, 5.74) is -0.200. The number of hydrogen-bond donors (Lipinski definition) is 0. The van der Waals surface area contributed by atoms with Gasteiger partial charge in [0, 0.05) is 23.7 Å². The predicted octanol–water partition coefficient (Wildman–Crippen LogP) is 6.96. The van der Waals surface area contributed by atoms with Crippen molar-refractivity contribution in [1.82, 2.24) is 10.0 Å². The summed E-state index contributed by atoms with van der Waals surface area (Å²) in [6, 6.07) is 11.4. The van der Waals surface area contributed by atoms with Crippen LogP contribution in [0, 0.1) is 5.82 Å². The first-order chi connectivity index (χ1) is 16.7. The smallest absolute Gasteiger partial charge is 0.431 e. The Morgan fingerprint density at radius 1 is 1.11 bits per heavy atom. The van der Waals surface area contributed by atoms with E-state index in [1.165, 1.54) is 17.1 Å². The predicted molar refractivity (Wildman–Crippen MR) is 143 cm³/mol. The topological polar surface area (TPSA) is 59.1 Å². The van der Waals surface area contributed by atoms with E-state index in [2.05, 4.69) is 33.9 Å². The van der Waals surface area contributed by atoms with Crippen molar-refractivity contribution in [3.8, 4) is 11.5 Å². The summed E-state index contributed by atoms with van der Waals surface area (Å²) in [4.78, 5) is 25.5. The monoisotopic (exact) mass is 532 g/mol. The van der Waals surface area contributed by atoms with Crippen LogP contribution in [0.4, 0.5) is 9.18 Å². The van der Waals surface area contributed by atoms with E-state index in [-0.39, 0.29) is 23.9 Å². The fourth-order valence-corrected chi connectivity index (χ4v) is 4.78. The van der Waals surface area contributed by atoms with Gasteiger partial charge in [0.25, 0.3) is 8.32 Å². The maximum atomic E-state index is 14.5. The maximum absolute atomic E-state index is 14.5. The van der Waals surface area contributed by atoms with Crippen LogP contribution in [-0.2, 0) is 4.79 Å². The summed E-state index contributed by atoms with van der Waals surface area (Å²) >= 11 is 6.07. The molecule has 0 N–H and O–H groups in total. The standard InChI is InChI=1S/C27H34ClFN2O4Si/c1-26(2,3)36(6,7)35-24-11-9-8-10-23(24)34-25(33)31(27(4,5)18-32)30-15-14-19(17-30)21-16-20(28)12-13-22(21)29/h8-14,16,18H,15,17H2,1-7H3. The van der Waals surface area contributed by atoms with E-state index in [1.54, 1.807) is 43.1 Å². The molecule has 2 aromatic carbocycles. The van der Waals surface area contributed by atoms with Gasteiger partial charge in [-0.1, -0.05) is 50.6 Å². The van der Waals surface area contributed by atoms with Crippen LogP contribution < -0.4 is 9.16 Å². The molecule has 0 bridgehead atoms. The highest BCUT2D eigenvalue weighted by molar-refractivity contribution is 6.74. The third kappa shape index (κ3) is 5.99. The molecule has 0 fully saturated rings. The lowest BCUT2D eigenvalue weighted by atomic mass is 10.1. The molecule has 0 spiro atoms. The fraction of sp³-hybridized carbons (Fsp3) is 0.407. The lowest BCUT2D eigenvalue weighted by Crippen LogP contribution is -2.58. The molecule has 0 saturated carbocycles. The molecule has 1 aliphatic heterocycles. The van der Waals surface area contributed by atoms with E-state index < -0.39 is 25.8 Å². The number of rotatable bonds is 7. The quantitative estimate of drug-likeness (QED) is 0.285. The molecule has 1 heterocycles. The molecule has 36 heavy (non-hydrogen) atoms. The van der Waals surface area contributed by atoms with Crippen LogP contribution in [0.3, 0.4) is 0 Å². The number of carbonyl (C=O) groups is 2. The number of nitrogens with zero attached hydrogens (tertiary/aromatic N) is 2. The number of aldehydes is 1. The van der Waals surface area contributed by atoms with Crippen molar-refractivity contribution in [1.29, 1.82) is 0 Å². The minimum absolute atomic E-state index is 0.0527. The van der Waals surface area contributed by atoms with Crippen LogP contribution in [0.25, 0.3) is 5.57 Å². The Labute approximate surface area is 218 Å². The van der Waals surface area contributed by atoms with E-state index in [0.29, 0.717) is 28.2 Å². The normalized spacial score (nSPS) is 14.9. The van der Waals surface area contributed by atoms with Crippen molar-refractivity contribution in [2.24, 2.45) is 0 Å². The molecule has 9 heteroatoms. The van der Waals surface area contributed by atoms with Crippen LogP contribution >= 0.6 is 11.6 Å². The van der Waals surface area contributed by atoms with Crippen molar-refractivity contribution in [2.75, 3.05) is 13.1 Å². The van der Waals surface area contributed by atoms with Gasteiger partial charge in [0.05, 0.1) is 0 Å². The average molecular weight is 533 g/mol. The lowest BCUT2D eigenvalue weighted by molar-refractivity contribution is -0.125. The van der Waals surface area contributed by atoms with Crippen molar-refractivity contribution in [2.45, 2.75) is 58.3 Å². The summed E-state index contributed by atoms with van der Waals surface area (Å²) in [7, 11) is -2.21. The van der Waals surface area contributed by atoms with Gasteiger partial charge in [0.1, 0.15) is 23.4 Å². The number of hydrazine groups is 1. The number of ether oxygens (including phenoxy) is 1. The first kappa shape index (κ1) is 27.9. The molecule has 0 unspecified atom stereocenters. The minimum Gasteiger partial charge on any atom is -0.541 e. The van der Waals surface area contributed by atoms with Gasteiger partial charge in [-0.2, -0.15) is 0 Å². The summed E-state index contributed by atoms with van der Waals surface area (Å²) in [5, 5.41) is 3.29. The summed E-state index contributed by atoms with van der Waals surface area (Å²) in [5.74, 6) is 0.336. The molecule has 0 aliphatic carbocycles. The van der Waals surface area contributed by atoms with E-state index in [4.69, 9.17) is 20.8 Å². The molecular formula is C27H34ClFN2O4Si. The second kappa shape index (κ2) is 10.4. The second-order valence-electron chi connectivity index (χ2n) is 11.0. The zero-order valence-corrected chi connectivity index (χ0v) is 23.6. The third-order valence-electron chi connectivity index (χ3n) is 6.68. The average Bonchev–Trinajstić information content (AvgIpc) is 3.24. The molecule has 1 aliphatic rings. The Bertz CT molecular complexity index is 1180. The molecule has 2 aromatic rings. The number of hydrogen-bond acceptors (Lipinski definition) is 5. The Morgan fingerprint density at radius 3 is 2.36 bits per heavy atom. The molecular weight excluding hydrogens is 499 g/mol. The highest BCUT2D eigenvalue weighted by Gasteiger charge is 2.41. The van der Waals surface area contributed by atoms with E-state index >= 15 is 0 Å². The highest BCUT2D eigenvalue weighted by atomic mass is 35.5. The molecule has 0 saturated heterocycles. The SMILES string of the molecule is CC(C)(C=O)N(C(=O)Oc1ccccc1O[Si](C)(C)C(C)(C)C)N1CC=C(c2cc(Cl)ccc2F)C1. The summed E-state index contributed by atoms with van der Waals surface area (Å²) in [6.07, 6.45) is 1.76. The first-order valence-corrected chi connectivity index (χ1v) is 15.1. The first-order valence-electron chi connectivity index (χ1n) is 11.8. The zero-order chi connectivity index (χ0) is 26.9. The van der Waals surface area contributed by atoms with Crippen molar-refractivity contribution >= 4 is 37.9 Å². The van der Waals surface area contributed by atoms with Gasteiger partial charge in [-0.15, -0.1) is 0 Å². The number of benzene rings is 2. The molecule has 6 nitrogen and oxygen atoms in total. The Balaban J connectivity index is 1.87. The fourth-order valence-electron chi connectivity index (χ4n) is 3.58. The minimum atomic E-state index is -2.21. The van der Waals surface area contributed by atoms with Gasteiger partial charge < -0.3 is 14.0 Å². The molecule has 3 rings (SSSR count). The van der Waals surface area contributed by atoms with Crippen molar-refractivity contribution < 1.29 is 23.1 Å². The molecule has 1 amide bonds. The maximum Gasteiger partial charge on any atom is 0.431 e. The summed E-state index contributed by atoms with van der Waals surface area (Å²) < 4.78 is 26.7. The van der Waals surface area contributed by atoms with Crippen LogP contribution in [0.2, 0.25) is 23.2 Å². The Kier molecular flexibility index (Phi) is 8.03. The van der Waals surface area contributed by atoms with E-state index in [9.17, 15) is 14.0 Å².